The lowest BCUT2D eigenvalue weighted by Gasteiger charge is -2.04. The lowest BCUT2D eigenvalue weighted by atomic mass is 10.1. The highest BCUT2D eigenvalue weighted by Gasteiger charge is 2.05. The van der Waals surface area contributed by atoms with Gasteiger partial charge in [-0.1, -0.05) is 0 Å². The predicted octanol–water partition coefficient (Wildman–Crippen LogP) is 2.33. The second-order valence-electron chi connectivity index (χ2n) is 3.32. The topological polar surface area (TPSA) is 59.4 Å². The maximum Gasteiger partial charge on any atom is 0.337 e. The number of pyridine rings is 1. The van der Waals surface area contributed by atoms with Gasteiger partial charge in [0.25, 0.3) is 0 Å². The summed E-state index contributed by atoms with van der Waals surface area (Å²) in [5.74, 6) is -0.254. The minimum absolute atomic E-state index is 0.182. The molecule has 1 heterocycles. The van der Waals surface area contributed by atoms with Gasteiger partial charge in [-0.2, -0.15) is 0 Å². The Labute approximate surface area is 92.5 Å². The number of rotatable bonds is 3. The number of carboxylic acid groups (broad SMARTS) is 1. The zero-order valence-electron chi connectivity index (χ0n) is 8.80. The van der Waals surface area contributed by atoms with E-state index in [0.717, 1.165) is 16.7 Å². The standard InChI is InChI=1S/C12H11NO3/c1-2-16-10-3-4-11-8(6-10)5-9(7-13-11)12(14)15/h3-7H,2H2,1H3,(H,14,15). The first kappa shape index (κ1) is 10.4. The molecule has 1 aromatic heterocycles. The van der Waals surface area contributed by atoms with Gasteiger partial charge in [0.05, 0.1) is 17.7 Å². The number of carbonyl (C=O) groups is 1. The van der Waals surface area contributed by atoms with Crippen molar-refractivity contribution in [3.8, 4) is 5.75 Å². The Morgan fingerprint density at radius 2 is 2.25 bits per heavy atom. The summed E-state index contributed by atoms with van der Waals surface area (Å²) in [6.45, 7) is 2.48. The molecule has 0 aliphatic rings. The van der Waals surface area contributed by atoms with Crippen molar-refractivity contribution in [1.29, 1.82) is 0 Å². The minimum atomic E-state index is -0.976. The normalized spacial score (nSPS) is 10.3. The first-order chi connectivity index (χ1) is 7.70. The summed E-state index contributed by atoms with van der Waals surface area (Å²) in [6, 6.07) is 7.01. The largest absolute Gasteiger partial charge is 0.494 e. The Morgan fingerprint density at radius 3 is 2.94 bits per heavy atom. The van der Waals surface area contributed by atoms with Gasteiger partial charge >= 0.3 is 5.97 Å². The lowest BCUT2D eigenvalue weighted by Crippen LogP contribution is -1.97. The van der Waals surface area contributed by atoms with Crippen LogP contribution in [0.1, 0.15) is 17.3 Å². The highest BCUT2D eigenvalue weighted by Crippen LogP contribution is 2.20. The van der Waals surface area contributed by atoms with Crippen molar-refractivity contribution >= 4 is 16.9 Å². The number of aromatic nitrogens is 1. The van der Waals surface area contributed by atoms with Gasteiger partial charge in [-0.05, 0) is 31.2 Å². The number of ether oxygens (including phenoxy) is 1. The molecule has 0 unspecified atom stereocenters. The highest BCUT2D eigenvalue weighted by atomic mass is 16.5. The van der Waals surface area contributed by atoms with Crippen LogP contribution in [0.4, 0.5) is 0 Å². The number of nitrogens with zero attached hydrogens (tertiary/aromatic N) is 1. The fraction of sp³-hybridized carbons (Fsp3) is 0.167. The van der Waals surface area contributed by atoms with Crippen LogP contribution in [0.3, 0.4) is 0 Å². The molecule has 0 amide bonds. The van der Waals surface area contributed by atoms with E-state index in [1.54, 1.807) is 12.1 Å². The van der Waals surface area contributed by atoms with Gasteiger partial charge in [-0.15, -0.1) is 0 Å². The number of fused-ring (bicyclic) bond motifs is 1. The molecular formula is C12H11NO3. The summed E-state index contributed by atoms with van der Waals surface area (Å²) in [6.07, 6.45) is 1.35. The summed E-state index contributed by atoms with van der Waals surface area (Å²) in [7, 11) is 0. The van der Waals surface area contributed by atoms with E-state index in [9.17, 15) is 4.79 Å². The minimum Gasteiger partial charge on any atom is -0.494 e. The molecule has 2 aromatic rings. The molecule has 0 spiro atoms. The third-order valence-electron chi connectivity index (χ3n) is 2.21. The SMILES string of the molecule is CCOc1ccc2ncc(C(=O)O)cc2c1. The van der Waals surface area contributed by atoms with E-state index in [4.69, 9.17) is 9.84 Å². The van der Waals surface area contributed by atoms with E-state index in [0.29, 0.717) is 6.61 Å². The first-order valence-corrected chi connectivity index (χ1v) is 4.96. The van der Waals surface area contributed by atoms with Crippen molar-refractivity contribution in [3.63, 3.8) is 0 Å². The summed E-state index contributed by atoms with van der Waals surface area (Å²) in [4.78, 5) is 14.9. The maximum atomic E-state index is 10.8. The van der Waals surface area contributed by atoms with E-state index in [1.165, 1.54) is 6.20 Å². The Balaban J connectivity index is 2.52. The van der Waals surface area contributed by atoms with Crippen LogP contribution in [-0.2, 0) is 0 Å². The average Bonchev–Trinajstić information content (AvgIpc) is 2.28. The molecule has 1 N–H and O–H groups in total. The molecule has 0 saturated heterocycles. The first-order valence-electron chi connectivity index (χ1n) is 4.96. The monoisotopic (exact) mass is 217 g/mol. The van der Waals surface area contributed by atoms with E-state index in [-0.39, 0.29) is 5.56 Å². The number of benzene rings is 1. The summed E-state index contributed by atoms with van der Waals surface area (Å²) in [5, 5.41) is 9.62. The zero-order valence-corrected chi connectivity index (χ0v) is 8.80. The molecule has 1 aromatic carbocycles. The second kappa shape index (κ2) is 4.18. The van der Waals surface area contributed by atoms with Gasteiger partial charge in [0.2, 0.25) is 0 Å². The van der Waals surface area contributed by atoms with Crippen molar-refractivity contribution in [2.75, 3.05) is 6.61 Å². The predicted molar refractivity (Wildman–Crippen MR) is 59.9 cm³/mol. The lowest BCUT2D eigenvalue weighted by molar-refractivity contribution is 0.0696. The molecular weight excluding hydrogens is 206 g/mol. The molecule has 4 nitrogen and oxygen atoms in total. The zero-order chi connectivity index (χ0) is 11.5. The smallest absolute Gasteiger partial charge is 0.337 e. The van der Waals surface area contributed by atoms with Crippen LogP contribution >= 0.6 is 0 Å². The van der Waals surface area contributed by atoms with Crippen molar-refractivity contribution in [3.05, 3.63) is 36.0 Å². The Bertz CT molecular complexity index is 537. The van der Waals surface area contributed by atoms with Crippen LogP contribution in [0, 0.1) is 0 Å². The molecule has 82 valence electrons. The molecule has 2 rings (SSSR count). The van der Waals surface area contributed by atoms with Crippen LogP contribution < -0.4 is 4.74 Å². The number of carboxylic acids is 1. The molecule has 0 aliphatic carbocycles. The molecule has 0 bridgehead atoms. The number of aromatic carboxylic acids is 1. The average molecular weight is 217 g/mol. The third kappa shape index (κ3) is 1.95. The van der Waals surface area contributed by atoms with E-state index < -0.39 is 5.97 Å². The van der Waals surface area contributed by atoms with Gasteiger partial charge in [0.1, 0.15) is 5.75 Å². The van der Waals surface area contributed by atoms with Crippen LogP contribution in [-0.4, -0.2) is 22.7 Å². The summed E-state index contributed by atoms with van der Waals surface area (Å²) in [5.41, 5.74) is 0.939. The van der Waals surface area contributed by atoms with Crippen LogP contribution in [0.15, 0.2) is 30.5 Å². The van der Waals surface area contributed by atoms with E-state index >= 15 is 0 Å². The molecule has 0 saturated carbocycles. The van der Waals surface area contributed by atoms with Crippen LogP contribution in [0.2, 0.25) is 0 Å². The van der Waals surface area contributed by atoms with Gasteiger partial charge in [0.15, 0.2) is 0 Å². The van der Waals surface area contributed by atoms with Gasteiger partial charge in [0, 0.05) is 11.6 Å². The van der Waals surface area contributed by atoms with Crippen LogP contribution in [0.5, 0.6) is 5.75 Å². The van der Waals surface area contributed by atoms with Gasteiger partial charge in [-0.3, -0.25) is 4.98 Å². The van der Waals surface area contributed by atoms with E-state index in [1.807, 2.05) is 19.1 Å². The fourth-order valence-electron chi connectivity index (χ4n) is 1.48. The van der Waals surface area contributed by atoms with Crippen molar-refractivity contribution < 1.29 is 14.6 Å². The quantitative estimate of drug-likeness (QED) is 0.857. The van der Waals surface area contributed by atoms with Crippen LogP contribution in [0.25, 0.3) is 10.9 Å². The Kier molecular flexibility index (Phi) is 2.72. The Morgan fingerprint density at radius 1 is 1.44 bits per heavy atom. The molecule has 4 heteroatoms. The van der Waals surface area contributed by atoms with Crippen molar-refractivity contribution in [1.82, 2.24) is 4.98 Å². The maximum absolute atomic E-state index is 10.8. The molecule has 0 aliphatic heterocycles. The number of hydrogen-bond donors (Lipinski definition) is 1. The second-order valence-corrected chi connectivity index (χ2v) is 3.32. The molecule has 0 fully saturated rings. The van der Waals surface area contributed by atoms with Crippen molar-refractivity contribution in [2.24, 2.45) is 0 Å². The fourth-order valence-corrected chi connectivity index (χ4v) is 1.48. The van der Waals surface area contributed by atoms with Gasteiger partial charge < -0.3 is 9.84 Å². The summed E-state index contributed by atoms with van der Waals surface area (Å²) >= 11 is 0. The molecule has 0 atom stereocenters. The summed E-state index contributed by atoms with van der Waals surface area (Å²) < 4.78 is 5.34. The molecule has 0 radical (unpaired) electrons. The molecule has 16 heavy (non-hydrogen) atoms. The number of hydrogen-bond acceptors (Lipinski definition) is 3. The third-order valence-corrected chi connectivity index (χ3v) is 2.21. The Hall–Kier alpha value is -2.10. The van der Waals surface area contributed by atoms with E-state index in [2.05, 4.69) is 4.98 Å². The van der Waals surface area contributed by atoms with Gasteiger partial charge in [-0.25, -0.2) is 4.79 Å². The highest BCUT2D eigenvalue weighted by molar-refractivity contribution is 5.92. The van der Waals surface area contributed by atoms with Crippen molar-refractivity contribution in [2.45, 2.75) is 6.92 Å².